The molecule has 6 rings (SSSR count). The third kappa shape index (κ3) is 8.65. The van der Waals surface area contributed by atoms with Crippen LogP contribution in [-0.2, 0) is 22.4 Å². The van der Waals surface area contributed by atoms with E-state index in [0.29, 0.717) is 25.9 Å². The highest BCUT2D eigenvalue weighted by Crippen LogP contribution is 2.25. The van der Waals surface area contributed by atoms with Gasteiger partial charge in [-0.2, -0.15) is 0 Å². The topological polar surface area (TPSA) is 105 Å². The lowest BCUT2D eigenvalue weighted by Crippen LogP contribution is -2.46. The van der Waals surface area contributed by atoms with Crippen molar-refractivity contribution >= 4 is 35.3 Å². The number of rotatable bonds is 12. The number of amides is 2. The largest absolute Gasteiger partial charge is 0.378 e. The second-order valence-corrected chi connectivity index (χ2v) is 12.7. The van der Waals surface area contributed by atoms with Gasteiger partial charge in [0.15, 0.2) is 0 Å². The summed E-state index contributed by atoms with van der Waals surface area (Å²) < 4.78 is 0. The van der Waals surface area contributed by atoms with E-state index in [-0.39, 0.29) is 23.9 Å². The van der Waals surface area contributed by atoms with E-state index in [0.717, 1.165) is 59.3 Å². The van der Waals surface area contributed by atoms with Gasteiger partial charge < -0.3 is 20.8 Å². The highest BCUT2D eigenvalue weighted by Gasteiger charge is 2.36. The van der Waals surface area contributed by atoms with Gasteiger partial charge in [-0.05, 0) is 72.2 Å². The smallest absolute Gasteiger partial charge is 0.241 e. The quantitative estimate of drug-likeness (QED) is 0.146. The van der Waals surface area contributed by atoms with E-state index in [2.05, 4.69) is 10.6 Å². The number of likely N-dealkylation sites (tertiary alicyclic amines) is 2. The Morgan fingerprint density at radius 1 is 0.604 bits per heavy atom. The first kappa shape index (κ1) is 33.3. The summed E-state index contributed by atoms with van der Waals surface area (Å²) in [6.07, 6.45) is 6.76. The molecule has 2 fully saturated rings. The van der Waals surface area contributed by atoms with Gasteiger partial charge >= 0.3 is 0 Å². The van der Waals surface area contributed by atoms with Crippen LogP contribution >= 0.6 is 0 Å². The van der Waals surface area contributed by atoms with Crippen molar-refractivity contribution in [2.24, 2.45) is 0 Å². The van der Waals surface area contributed by atoms with E-state index in [1.807, 2.05) is 131 Å². The molecule has 0 aromatic heterocycles. The molecule has 248 valence electrons. The Kier molecular flexibility index (Phi) is 11.1. The fraction of sp³-hybridized carbons (Fsp3) is 0.300. The number of hydrogen-bond acceptors (Lipinski definition) is 6. The maximum Gasteiger partial charge on any atom is 0.241 e. The Hall–Kier alpha value is -4.60. The summed E-state index contributed by atoms with van der Waals surface area (Å²) >= 11 is 0. The summed E-state index contributed by atoms with van der Waals surface area (Å²) in [7, 11) is 0. The average molecular weight is 645 g/mol. The van der Waals surface area contributed by atoms with E-state index in [4.69, 9.17) is 0 Å². The Balaban J connectivity index is 0.982. The molecule has 4 aromatic rings. The molecule has 2 aliphatic heterocycles. The van der Waals surface area contributed by atoms with Crippen LogP contribution in [0.3, 0.4) is 0 Å². The van der Waals surface area contributed by atoms with Gasteiger partial charge in [-0.1, -0.05) is 97.1 Å². The lowest BCUT2D eigenvalue weighted by molar-refractivity contribution is -0.124. The van der Waals surface area contributed by atoms with E-state index in [9.17, 15) is 19.8 Å². The number of carbonyl (C=O) groups excluding carboxylic acids is 2. The van der Waals surface area contributed by atoms with Crippen LogP contribution in [0, 0.1) is 0 Å². The molecule has 2 amide bonds. The predicted molar refractivity (Wildman–Crippen MR) is 191 cm³/mol. The zero-order chi connectivity index (χ0) is 33.3. The van der Waals surface area contributed by atoms with Crippen LogP contribution in [0.4, 0.5) is 11.4 Å². The number of aliphatic hydroxyl groups is 2. The minimum absolute atomic E-state index is 0.0981. The lowest BCUT2D eigenvalue weighted by Gasteiger charge is -2.28. The first-order valence-electron chi connectivity index (χ1n) is 16.9. The summed E-state index contributed by atoms with van der Waals surface area (Å²) in [5.74, 6) is -0.196. The molecule has 8 heteroatoms. The van der Waals surface area contributed by atoms with Gasteiger partial charge in [-0.3, -0.25) is 19.4 Å². The van der Waals surface area contributed by atoms with Gasteiger partial charge in [0.1, 0.15) is 12.5 Å². The Labute approximate surface area is 282 Å². The zero-order valence-corrected chi connectivity index (χ0v) is 27.1. The molecule has 2 heterocycles. The number of nitrogens with zero attached hydrogens (tertiary/aromatic N) is 2. The Morgan fingerprint density at radius 3 is 1.35 bits per heavy atom. The van der Waals surface area contributed by atoms with Gasteiger partial charge in [-0.15, -0.1) is 0 Å². The number of nitrogens with one attached hydrogen (secondary N) is 2. The summed E-state index contributed by atoms with van der Waals surface area (Å²) in [6, 6.07) is 34.4. The molecule has 2 saturated heterocycles. The Morgan fingerprint density at radius 2 is 0.979 bits per heavy atom. The molecule has 0 saturated carbocycles. The number of aliphatic hydroxyl groups excluding tert-OH is 2. The van der Waals surface area contributed by atoms with Crippen LogP contribution in [0.5, 0.6) is 0 Å². The number of benzene rings is 4. The molecule has 0 spiro atoms. The normalized spacial score (nSPS) is 19.7. The minimum atomic E-state index is -0.703. The van der Waals surface area contributed by atoms with Crippen molar-refractivity contribution in [1.29, 1.82) is 0 Å². The molecule has 0 aliphatic carbocycles. The number of hydrogen-bond donors (Lipinski definition) is 4. The van der Waals surface area contributed by atoms with E-state index < -0.39 is 12.5 Å². The van der Waals surface area contributed by atoms with Gasteiger partial charge in [0.05, 0.1) is 12.1 Å². The van der Waals surface area contributed by atoms with Gasteiger partial charge in [0, 0.05) is 37.3 Å². The maximum absolute atomic E-state index is 13.1. The summed E-state index contributed by atoms with van der Waals surface area (Å²) in [5.41, 5.74) is 5.50. The van der Waals surface area contributed by atoms with Crippen LogP contribution in [0.2, 0.25) is 0 Å². The van der Waals surface area contributed by atoms with Gasteiger partial charge in [0.2, 0.25) is 11.8 Å². The van der Waals surface area contributed by atoms with Crippen molar-refractivity contribution in [2.45, 2.75) is 63.1 Å². The van der Waals surface area contributed by atoms with E-state index in [1.165, 1.54) is 0 Å². The molecule has 4 atom stereocenters. The first-order valence-corrected chi connectivity index (χ1v) is 16.9. The fourth-order valence-corrected chi connectivity index (χ4v) is 6.74. The SMILES string of the molecule is O=C(Nc1ccc(/C=C/c2ccc(NC(=O)[C@@H]3CCCN3[C@H](O)Cc3ccccc3)cc2)cc1)[C@@H]1CCCN1[C@H](O)Cc1ccccc1. The van der Waals surface area contributed by atoms with Gasteiger partial charge in [0.25, 0.3) is 0 Å². The lowest BCUT2D eigenvalue weighted by atomic mass is 10.1. The summed E-state index contributed by atoms with van der Waals surface area (Å²) in [6.45, 7) is 1.39. The predicted octanol–water partition coefficient (Wildman–Crippen LogP) is 5.79. The monoisotopic (exact) mass is 644 g/mol. The highest BCUT2D eigenvalue weighted by molar-refractivity contribution is 5.96. The highest BCUT2D eigenvalue weighted by atomic mass is 16.3. The second-order valence-electron chi connectivity index (χ2n) is 12.7. The third-order valence-electron chi connectivity index (χ3n) is 9.31. The molecule has 0 radical (unpaired) electrons. The van der Waals surface area contributed by atoms with E-state index >= 15 is 0 Å². The first-order chi connectivity index (χ1) is 23.4. The van der Waals surface area contributed by atoms with Crippen molar-refractivity contribution in [2.75, 3.05) is 23.7 Å². The maximum atomic E-state index is 13.1. The molecule has 4 aromatic carbocycles. The number of anilines is 2. The van der Waals surface area contributed by atoms with E-state index in [1.54, 1.807) is 0 Å². The Bertz CT molecular complexity index is 1540. The molecule has 2 aliphatic rings. The van der Waals surface area contributed by atoms with Crippen molar-refractivity contribution in [3.8, 4) is 0 Å². The molecule has 0 bridgehead atoms. The van der Waals surface area contributed by atoms with Crippen LogP contribution < -0.4 is 10.6 Å². The van der Waals surface area contributed by atoms with Crippen molar-refractivity contribution in [1.82, 2.24) is 9.80 Å². The molecular formula is C40H44N4O4. The number of carbonyl (C=O) groups is 2. The van der Waals surface area contributed by atoms with Crippen LogP contribution in [0.25, 0.3) is 12.2 Å². The second kappa shape index (κ2) is 16.0. The molecular weight excluding hydrogens is 600 g/mol. The van der Waals surface area contributed by atoms with Crippen molar-refractivity contribution in [3.05, 3.63) is 131 Å². The average Bonchev–Trinajstić information content (AvgIpc) is 3.81. The summed E-state index contributed by atoms with van der Waals surface area (Å²) in [4.78, 5) is 30.1. The van der Waals surface area contributed by atoms with Crippen molar-refractivity contribution in [3.63, 3.8) is 0 Å². The van der Waals surface area contributed by atoms with Crippen LogP contribution in [0.15, 0.2) is 109 Å². The minimum Gasteiger partial charge on any atom is -0.378 e. The van der Waals surface area contributed by atoms with Crippen LogP contribution in [-0.4, -0.2) is 69.5 Å². The standard InChI is InChI=1S/C40H44N4O4/c45-37(27-31-9-3-1-4-10-31)43-25-7-13-35(43)39(47)41-33-21-17-29(18-22-33)15-16-30-19-23-34(24-20-30)42-40(48)36-14-8-26-44(36)38(46)28-32-11-5-2-6-12-32/h1-6,9-12,15-24,35-38,45-46H,7-8,13-14,25-28H2,(H,41,47)(H,42,48)/b16-15+/t35-,36-,37+,38+/m0/s1. The van der Waals surface area contributed by atoms with Crippen molar-refractivity contribution < 1.29 is 19.8 Å². The molecule has 4 N–H and O–H groups in total. The summed E-state index contributed by atoms with van der Waals surface area (Å²) in [5, 5.41) is 27.8. The zero-order valence-electron chi connectivity index (χ0n) is 27.1. The molecule has 48 heavy (non-hydrogen) atoms. The van der Waals surface area contributed by atoms with Crippen LogP contribution in [0.1, 0.15) is 47.9 Å². The van der Waals surface area contributed by atoms with Gasteiger partial charge in [-0.25, -0.2) is 0 Å². The molecule has 0 unspecified atom stereocenters. The fourth-order valence-electron chi connectivity index (χ4n) is 6.74. The third-order valence-corrected chi connectivity index (χ3v) is 9.31. The molecule has 8 nitrogen and oxygen atoms in total.